The molecule has 0 atom stereocenters. The molecule has 13 heteroatoms. The Kier molecular flexibility index (Phi) is 7.70. The van der Waals surface area contributed by atoms with Gasteiger partial charge >= 0.3 is 12.1 Å². The molecule has 1 aromatic carbocycles. The fourth-order valence-corrected chi connectivity index (χ4v) is 5.21. The first-order chi connectivity index (χ1) is 19.6. The van der Waals surface area contributed by atoms with Crippen molar-refractivity contribution < 1.29 is 37.3 Å². The zero-order valence-electron chi connectivity index (χ0n) is 22.2. The number of aromatic nitrogens is 3. The first-order valence-corrected chi connectivity index (χ1v) is 13.1. The second-order valence-electron chi connectivity index (χ2n) is 10.0. The minimum atomic E-state index is -4.97. The summed E-state index contributed by atoms with van der Waals surface area (Å²) >= 11 is 0. The predicted octanol–water partition coefficient (Wildman–Crippen LogP) is 4.69. The quantitative estimate of drug-likeness (QED) is 0.396. The van der Waals surface area contributed by atoms with Crippen LogP contribution < -0.4 is 19.7 Å². The van der Waals surface area contributed by atoms with Gasteiger partial charge in [0.15, 0.2) is 5.69 Å². The molecule has 3 heterocycles. The number of amides is 1. The molecule has 2 aliphatic rings. The number of carboxylic acid groups (broad SMARTS) is 1. The summed E-state index contributed by atoms with van der Waals surface area (Å²) in [5.41, 5.74) is -1.53. The van der Waals surface area contributed by atoms with Gasteiger partial charge in [-0.05, 0) is 54.7 Å². The summed E-state index contributed by atoms with van der Waals surface area (Å²) in [6.07, 6.45) is 0.151. The van der Waals surface area contributed by atoms with E-state index in [4.69, 9.17) is 9.47 Å². The van der Waals surface area contributed by atoms with Crippen molar-refractivity contribution in [2.75, 3.05) is 18.6 Å². The van der Waals surface area contributed by atoms with Crippen molar-refractivity contribution in [3.63, 3.8) is 0 Å². The van der Waals surface area contributed by atoms with Crippen LogP contribution in [0.25, 0.3) is 0 Å². The molecule has 1 saturated carbocycles. The molecule has 41 heavy (non-hydrogen) atoms. The van der Waals surface area contributed by atoms with Crippen LogP contribution in [-0.2, 0) is 24.0 Å². The van der Waals surface area contributed by atoms with Crippen molar-refractivity contribution >= 4 is 23.5 Å². The number of carbonyl (C=O) groups excluding carboxylic acids is 1. The summed E-state index contributed by atoms with van der Waals surface area (Å²) in [4.78, 5) is 38.4. The van der Waals surface area contributed by atoms with Crippen LogP contribution in [-0.4, -0.2) is 51.1 Å². The monoisotopic (exact) mass is 571 g/mol. The van der Waals surface area contributed by atoms with Crippen LogP contribution in [0.15, 0.2) is 42.7 Å². The molecule has 0 unspecified atom stereocenters. The van der Waals surface area contributed by atoms with Crippen molar-refractivity contribution in [3.8, 4) is 11.6 Å². The summed E-state index contributed by atoms with van der Waals surface area (Å²) in [7, 11) is 1.52. The average Bonchev–Trinajstić information content (AvgIpc) is 3.39. The summed E-state index contributed by atoms with van der Waals surface area (Å²) in [6, 6.07) is 8.80. The number of nitrogens with one attached hydrogen (secondary N) is 1. The highest BCUT2D eigenvalue weighted by atomic mass is 19.4. The van der Waals surface area contributed by atoms with Crippen LogP contribution in [0.3, 0.4) is 0 Å². The molecule has 2 N–H and O–H groups in total. The molecule has 0 radical (unpaired) electrons. The van der Waals surface area contributed by atoms with E-state index in [1.807, 2.05) is 6.07 Å². The Morgan fingerprint density at radius 1 is 1.12 bits per heavy atom. The molecule has 1 aliphatic heterocycles. The van der Waals surface area contributed by atoms with E-state index in [0.717, 1.165) is 23.7 Å². The summed E-state index contributed by atoms with van der Waals surface area (Å²) in [5, 5.41) is 12.1. The van der Waals surface area contributed by atoms with Crippen molar-refractivity contribution in [2.24, 2.45) is 0 Å². The Bertz CT molecular complexity index is 1460. The van der Waals surface area contributed by atoms with Gasteiger partial charge in [0.1, 0.15) is 17.9 Å². The minimum absolute atomic E-state index is 0.140. The van der Waals surface area contributed by atoms with E-state index in [9.17, 15) is 27.9 Å². The van der Waals surface area contributed by atoms with Gasteiger partial charge in [0.2, 0.25) is 11.8 Å². The number of hydrogen-bond donors (Lipinski definition) is 2. The molecule has 0 saturated heterocycles. The molecule has 216 valence electrons. The van der Waals surface area contributed by atoms with Crippen molar-refractivity contribution in [1.29, 1.82) is 0 Å². The molecule has 1 aliphatic carbocycles. The number of rotatable bonds is 8. The number of aliphatic carboxylic acids is 1. The van der Waals surface area contributed by atoms with Gasteiger partial charge in [-0.15, -0.1) is 0 Å². The summed E-state index contributed by atoms with van der Waals surface area (Å²) < 4.78 is 53.3. The zero-order chi connectivity index (χ0) is 29.2. The van der Waals surface area contributed by atoms with E-state index in [1.54, 1.807) is 35.4 Å². The third kappa shape index (κ3) is 5.88. The number of carboxylic acids is 1. The van der Waals surface area contributed by atoms with Gasteiger partial charge in [-0.1, -0.05) is 19.3 Å². The molecule has 3 aromatic rings. The minimum Gasteiger partial charge on any atom is -0.489 e. The Morgan fingerprint density at radius 3 is 2.61 bits per heavy atom. The molecular weight excluding hydrogens is 543 g/mol. The van der Waals surface area contributed by atoms with Crippen LogP contribution in [0.1, 0.15) is 59.3 Å². The van der Waals surface area contributed by atoms with Gasteiger partial charge in [0.25, 0.3) is 5.91 Å². The molecule has 5 rings (SSSR count). The Hall–Kier alpha value is -4.42. The molecule has 0 spiro atoms. The molecule has 10 nitrogen and oxygen atoms in total. The third-order valence-electron chi connectivity index (χ3n) is 7.36. The van der Waals surface area contributed by atoms with E-state index in [0.29, 0.717) is 43.1 Å². The van der Waals surface area contributed by atoms with E-state index in [-0.39, 0.29) is 25.4 Å². The lowest BCUT2D eigenvalue weighted by molar-refractivity contribution is -0.145. The summed E-state index contributed by atoms with van der Waals surface area (Å²) in [5.74, 6) is -1.60. The number of halogens is 3. The first kappa shape index (κ1) is 28.1. The van der Waals surface area contributed by atoms with Gasteiger partial charge < -0.3 is 24.8 Å². The fraction of sp³-hybridized carbons (Fsp3) is 0.393. The SMILES string of the molecule is COc1cc(COc2ccc3c(c2)CCN3c2ncc(C(=O)NC3(C(=O)O)CCCCC3)c(C(F)(F)F)n2)ccn1. The highest BCUT2D eigenvalue weighted by Gasteiger charge is 2.44. The third-order valence-corrected chi connectivity index (χ3v) is 7.36. The molecule has 0 bridgehead atoms. The lowest BCUT2D eigenvalue weighted by Gasteiger charge is -2.34. The first-order valence-electron chi connectivity index (χ1n) is 13.1. The molecular formula is C28H28F3N5O5. The predicted molar refractivity (Wildman–Crippen MR) is 140 cm³/mol. The van der Waals surface area contributed by atoms with Crippen LogP contribution in [0.4, 0.5) is 24.8 Å². The Morgan fingerprint density at radius 2 is 1.90 bits per heavy atom. The maximum atomic E-state index is 14.1. The van der Waals surface area contributed by atoms with E-state index >= 15 is 0 Å². The lowest BCUT2D eigenvalue weighted by atomic mass is 9.81. The molecule has 2 aromatic heterocycles. The lowest BCUT2D eigenvalue weighted by Crippen LogP contribution is -2.55. The number of anilines is 2. The smallest absolute Gasteiger partial charge is 0.434 e. The number of hydrogen-bond acceptors (Lipinski definition) is 8. The normalized spacial score (nSPS) is 16.1. The standard InChI is InChI=1S/C28H28F3N5O5/c1-40-22-13-17(7-11-32-22)16-41-19-5-6-21-18(14-19)8-12-36(21)26-33-15-20(23(34-26)28(29,30)31)24(37)35-27(25(38)39)9-3-2-4-10-27/h5-7,11,13-15H,2-4,8-10,12,16H2,1H3,(H,35,37)(H,38,39). The van der Waals surface area contributed by atoms with Crippen LogP contribution in [0.2, 0.25) is 0 Å². The second-order valence-corrected chi connectivity index (χ2v) is 10.0. The van der Waals surface area contributed by atoms with Crippen LogP contribution in [0, 0.1) is 0 Å². The second kappa shape index (κ2) is 11.2. The summed E-state index contributed by atoms with van der Waals surface area (Å²) in [6.45, 7) is 0.595. The molecule has 1 fully saturated rings. The van der Waals surface area contributed by atoms with E-state index < -0.39 is 34.8 Å². The van der Waals surface area contributed by atoms with E-state index in [1.165, 1.54) is 7.11 Å². The van der Waals surface area contributed by atoms with Gasteiger partial charge in [-0.3, -0.25) is 4.79 Å². The molecule has 1 amide bonds. The maximum Gasteiger partial charge on any atom is 0.434 e. The Labute approximate surface area is 233 Å². The number of fused-ring (bicyclic) bond motifs is 1. The number of pyridine rings is 1. The highest BCUT2D eigenvalue weighted by Crippen LogP contribution is 2.38. The number of alkyl halides is 3. The van der Waals surface area contributed by atoms with Gasteiger partial charge in [-0.25, -0.2) is 19.7 Å². The fourth-order valence-electron chi connectivity index (χ4n) is 5.21. The maximum absolute atomic E-state index is 14.1. The number of benzene rings is 1. The highest BCUT2D eigenvalue weighted by molar-refractivity contribution is 5.98. The van der Waals surface area contributed by atoms with Gasteiger partial charge in [0.05, 0.1) is 12.7 Å². The van der Waals surface area contributed by atoms with Crippen LogP contribution >= 0.6 is 0 Å². The van der Waals surface area contributed by atoms with E-state index in [2.05, 4.69) is 20.3 Å². The number of nitrogens with zero attached hydrogens (tertiary/aromatic N) is 4. The van der Waals surface area contributed by atoms with Gasteiger partial charge in [0, 0.05) is 30.7 Å². The van der Waals surface area contributed by atoms with Crippen LogP contribution in [0.5, 0.6) is 11.6 Å². The topological polar surface area (TPSA) is 127 Å². The number of methoxy groups -OCH3 is 1. The number of carbonyl (C=O) groups is 2. The van der Waals surface area contributed by atoms with Gasteiger partial charge in [-0.2, -0.15) is 13.2 Å². The van der Waals surface area contributed by atoms with Crippen molar-refractivity contribution in [3.05, 3.63) is 65.1 Å². The number of ether oxygens (including phenoxy) is 2. The van der Waals surface area contributed by atoms with Crippen molar-refractivity contribution in [2.45, 2.75) is 56.8 Å². The largest absolute Gasteiger partial charge is 0.489 e. The average molecular weight is 572 g/mol. The zero-order valence-corrected chi connectivity index (χ0v) is 22.2. The Balaban J connectivity index is 1.36. The van der Waals surface area contributed by atoms with Crippen molar-refractivity contribution in [1.82, 2.24) is 20.3 Å².